The molecule has 0 spiro atoms. The molecule has 0 saturated carbocycles. The molecule has 1 atom stereocenters. The van der Waals surface area contributed by atoms with Crippen molar-refractivity contribution in [2.24, 2.45) is 0 Å². The van der Waals surface area contributed by atoms with Gasteiger partial charge in [-0.3, -0.25) is 10.1 Å². The number of aromatic nitrogens is 1. The summed E-state index contributed by atoms with van der Waals surface area (Å²) >= 11 is 7.42. The molecule has 0 aliphatic carbocycles. The second-order valence-corrected chi connectivity index (χ2v) is 5.49. The summed E-state index contributed by atoms with van der Waals surface area (Å²) in [6.45, 7) is 3.76. The number of nitrogens with one attached hydrogen (secondary N) is 1. The van der Waals surface area contributed by atoms with Gasteiger partial charge < -0.3 is 4.74 Å². The zero-order valence-corrected chi connectivity index (χ0v) is 12.8. The number of hydrogen-bond donors (Lipinski definition) is 1. The molecule has 1 N–H and O–H groups in total. The first-order valence-corrected chi connectivity index (χ1v) is 7.50. The van der Waals surface area contributed by atoms with Gasteiger partial charge in [-0.2, -0.15) is 0 Å². The van der Waals surface area contributed by atoms with Gasteiger partial charge >= 0.3 is 0 Å². The standard InChI is InChI=1S/C14H15ClN2O2S/c1-3-11(19-12-7-5-4-6-10(12)15)13(18)17-14-16-9(2)8-20-14/h4-8,11H,3H2,1-2H3,(H,16,17,18)/t11-/m1/s1. The topological polar surface area (TPSA) is 51.2 Å². The number of halogens is 1. The van der Waals surface area contributed by atoms with E-state index < -0.39 is 6.10 Å². The average Bonchev–Trinajstić information content (AvgIpc) is 2.83. The number of carbonyl (C=O) groups is 1. The number of anilines is 1. The van der Waals surface area contributed by atoms with Crippen molar-refractivity contribution in [2.75, 3.05) is 5.32 Å². The van der Waals surface area contributed by atoms with E-state index in [2.05, 4.69) is 10.3 Å². The molecule has 1 aromatic carbocycles. The van der Waals surface area contributed by atoms with Crippen LogP contribution in [-0.2, 0) is 4.79 Å². The number of amides is 1. The highest BCUT2D eigenvalue weighted by atomic mass is 35.5. The minimum Gasteiger partial charge on any atom is -0.479 e. The van der Waals surface area contributed by atoms with Gasteiger partial charge in [-0.15, -0.1) is 11.3 Å². The lowest BCUT2D eigenvalue weighted by molar-refractivity contribution is -0.122. The van der Waals surface area contributed by atoms with Gasteiger partial charge in [-0.1, -0.05) is 30.7 Å². The largest absolute Gasteiger partial charge is 0.479 e. The Morgan fingerprint density at radius 3 is 2.85 bits per heavy atom. The zero-order chi connectivity index (χ0) is 14.5. The molecule has 0 saturated heterocycles. The fourth-order valence-electron chi connectivity index (χ4n) is 1.61. The number of para-hydroxylation sites is 1. The maximum atomic E-state index is 12.2. The molecule has 4 nitrogen and oxygen atoms in total. The Morgan fingerprint density at radius 2 is 2.25 bits per heavy atom. The van der Waals surface area contributed by atoms with E-state index in [1.54, 1.807) is 12.1 Å². The summed E-state index contributed by atoms with van der Waals surface area (Å²) < 4.78 is 5.67. The molecule has 6 heteroatoms. The van der Waals surface area contributed by atoms with Crippen molar-refractivity contribution in [1.82, 2.24) is 4.98 Å². The molecule has 0 unspecified atom stereocenters. The third-order valence-electron chi connectivity index (χ3n) is 2.62. The highest BCUT2D eigenvalue weighted by Crippen LogP contribution is 2.25. The van der Waals surface area contributed by atoms with Crippen LogP contribution in [0.3, 0.4) is 0 Å². The molecular formula is C14H15ClN2O2S. The van der Waals surface area contributed by atoms with Gasteiger partial charge in [0.2, 0.25) is 0 Å². The Hall–Kier alpha value is -1.59. The summed E-state index contributed by atoms with van der Waals surface area (Å²) in [7, 11) is 0. The van der Waals surface area contributed by atoms with Crippen LogP contribution >= 0.6 is 22.9 Å². The van der Waals surface area contributed by atoms with Crippen molar-refractivity contribution in [3.8, 4) is 5.75 Å². The second-order valence-electron chi connectivity index (χ2n) is 4.23. The van der Waals surface area contributed by atoms with Gasteiger partial charge in [0.1, 0.15) is 5.75 Å². The minimum absolute atomic E-state index is 0.221. The van der Waals surface area contributed by atoms with Crippen LogP contribution in [0.5, 0.6) is 5.75 Å². The van der Waals surface area contributed by atoms with Crippen molar-refractivity contribution in [2.45, 2.75) is 26.4 Å². The number of aryl methyl sites for hydroxylation is 1. The van der Waals surface area contributed by atoms with Crippen LogP contribution in [-0.4, -0.2) is 17.0 Å². The molecule has 0 bridgehead atoms. The molecule has 0 radical (unpaired) electrons. The quantitative estimate of drug-likeness (QED) is 0.911. The number of nitrogens with zero attached hydrogens (tertiary/aromatic N) is 1. The van der Waals surface area contributed by atoms with Gasteiger partial charge in [-0.25, -0.2) is 4.98 Å². The van der Waals surface area contributed by atoms with Crippen LogP contribution in [0.25, 0.3) is 0 Å². The van der Waals surface area contributed by atoms with Crippen molar-refractivity contribution in [3.63, 3.8) is 0 Å². The predicted molar refractivity (Wildman–Crippen MR) is 81.6 cm³/mol. The van der Waals surface area contributed by atoms with Crippen molar-refractivity contribution in [3.05, 3.63) is 40.4 Å². The minimum atomic E-state index is -0.598. The summed E-state index contributed by atoms with van der Waals surface area (Å²) in [4.78, 5) is 16.4. The third-order valence-corrected chi connectivity index (χ3v) is 3.81. The third kappa shape index (κ3) is 3.71. The Labute approximate surface area is 126 Å². The highest BCUT2D eigenvalue weighted by Gasteiger charge is 2.20. The lowest BCUT2D eigenvalue weighted by Crippen LogP contribution is -2.32. The summed E-state index contributed by atoms with van der Waals surface area (Å²) in [5, 5.41) is 5.70. The number of carbonyl (C=O) groups excluding carboxylic acids is 1. The molecule has 0 aliphatic rings. The van der Waals surface area contributed by atoms with Crippen molar-refractivity contribution in [1.29, 1.82) is 0 Å². The summed E-state index contributed by atoms with van der Waals surface area (Å²) in [5.74, 6) is 0.285. The van der Waals surface area contributed by atoms with Gasteiger partial charge in [0.05, 0.1) is 10.7 Å². The summed E-state index contributed by atoms with van der Waals surface area (Å²) in [6.07, 6.45) is -0.0550. The number of hydrogen-bond acceptors (Lipinski definition) is 4. The van der Waals surface area contributed by atoms with Gasteiger partial charge in [0, 0.05) is 5.38 Å². The molecule has 1 heterocycles. The molecule has 20 heavy (non-hydrogen) atoms. The normalized spacial score (nSPS) is 11.9. The van der Waals surface area contributed by atoms with E-state index in [0.717, 1.165) is 5.69 Å². The van der Waals surface area contributed by atoms with E-state index in [9.17, 15) is 4.79 Å². The van der Waals surface area contributed by atoms with Crippen LogP contribution in [0.4, 0.5) is 5.13 Å². The van der Waals surface area contributed by atoms with E-state index in [0.29, 0.717) is 22.3 Å². The monoisotopic (exact) mass is 310 g/mol. The fourth-order valence-corrected chi connectivity index (χ4v) is 2.48. The summed E-state index contributed by atoms with van der Waals surface area (Å²) in [5.41, 5.74) is 0.880. The van der Waals surface area contributed by atoms with Gasteiger partial charge in [0.15, 0.2) is 11.2 Å². The second kappa shape index (κ2) is 6.72. The Kier molecular flexibility index (Phi) is 4.98. The molecule has 106 valence electrons. The lowest BCUT2D eigenvalue weighted by Gasteiger charge is -2.17. The van der Waals surface area contributed by atoms with E-state index in [1.807, 2.05) is 31.4 Å². The molecule has 2 rings (SSSR count). The SMILES string of the molecule is CC[C@@H](Oc1ccccc1Cl)C(=O)Nc1nc(C)cs1. The molecule has 2 aromatic rings. The van der Waals surface area contributed by atoms with E-state index in [-0.39, 0.29) is 5.91 Å². The number of thiazole rings is 1. The van der Waals surface area contributed by atoms with Crippen LogP contribution in [0.1, 0.15) is 19.0 Å². The number of ether oxygens (including phenoxy) is 1. The molecule has 0 aliphatic heterocycles. The van der Waals surface area contributed by atoms with Gasteiger partial charge in [-0.05, 0) is 25.5 Å². The van der Waals surface area contributed by atoms with Gasteiger partial charge in [0.25, 0.3) is 5.91 Å². The molecule has 1 amide bonds. The number of rotatable bonds is 5. The Balaban J connectivity index is 2.04. The number of benzene rings is 1. The first-order chi connectivity index (χ1) is 9.60. The van der Waals surface area contributed by atoms with Crippen LogP contribution in [0, 0.1) is 6.92 Å². The molecule has 0 fully saturated rings. The van der Waals surface area contributed by atoms with Crippen LogP contribution in [0.15, 0.2) is 29.6 Å². The Bertz CT molecular complexity index is 600. The maximum Gasteiger partial charge on any atom is 0.267 e. The average molecular weight is 311 g/mol. The predicted octanol–water partition coefficient (Wildman–Crippen LogP) is 3.90. The van der Waals surface area contributed by atoms with Crippen LogP contribution in [0.2, 0.25) is 5.02 Å². The van der Waals surface area contributed by atoms with E-state index in [4.69, 9.17) is 16.3 Å². The molecular weight excluding hydrogens is 296 g/mol. The lowest BCUT2D eigenvalue weighted by atomic mass is 10.2. The highest BCUT2D eigenvalue weighted by molar-refractivity contribution is 7.13. The van der Waals surface area contributed by atoms with Crippen LogP contribution < -0.4 is 10.1 Å². The smallest absolute Gasteiger partial charge is 0.267 e. The summed E-state index contributed by atoms with van der Waals surface area (Å²) in [6, 6.07) is 7.10. The van der Waals surface area contributed by atoms with Crippen molar-refractivity contribution < 1.29 is 9.53 Å². The fraction of sp³-hybridized carbons (Fsp3) is 0.286. The van der Waals surface area contributed by atoms with E-state index >= 15 is 0 Å². The van der Waals surface area contributed by atoms with E-state index in [1.165, 1.54) is 11.3 Å². The first-order valence-electron chi connectivity index (χ1n) is 6.24. The maximum absolute atomic E-state index is 12.2. The zero-order valence-electron chi connectivity index (χ0n) is 11.2. The first kappa shape index (κ1) is 14.8. The molecule has 1 aromatic heterocycles. The Morgan fingerprint density at radius 1 is 1.50 bits per heavy atom. The van der Waals surface area contributed by atoms with Crippen molar-refractivity contribution >= 4 is 34.0 Å².